The summed E-state index contributed by atoms with van der Waals surface area (Å²) in [5.41, 5.74) is 0. The summed E-state index contributed by atoms with van der Waals surface area (Å²) in [7, 11) is 1.35. The Bertz CT molecular complexity index is 299. The van der Waals surface area contributed by atoms with Gasteiger partial charge in [-0.3, -0.25) is 9.59 Å². The second-order valence-electron chi connectivity index (χ2n) is 5.42. The third-order valence-corrected chi connectivity index (χ3v) is 3.70. The van der Waals surface area contributed by atoms with Gasteiger partial charge in [0.15, 0.2) is 0 Å². The number of nitrogens with one attached hydrogen (secondary N) is 1. The van der Waals surface area contributed by atoms with Crippen molar-refractivity contribution in [2.45, 2.75) is 45.6 Å². The minimum atomic E-state index is -0.357. The molecule has 0 aromatic carbocycles. The van der Waals surface area contributed by atoms with E-state index >= 15 is 0 Å². The number of ether oxygens (including phenoxy) is 1. The van der Waals surface area contributed by atoms with Crippen LogP contribution in [0.5, 0.6) is 0 Å². The van der Waals surface area contributed by atoms with E-state index in [0.717, 1.165) is 32.4 Å². The molecule has 1 rings (SSSR count). The highest BCUT2D eigenvalue weighted by Crippen LogP contribution is 2.18. The maximum Gasteiger partial charge on any atom is 0.325 e. The number of hydrogen-bond acceptors (Lipinski definition) is 4. The molecule has 1 saturated heterocycles. The Morgan fingerprint density at radius 2 is 1.95 bits per heavy atom. The maximum atomic E-state index is 12.2. The van der Waals surface area contributed by atoms with Gasteiger partial charge in [-0.1, -0.05) is 0 Å². The first-order valence-electron chi connectivity index (χ1n) is 7.11. The molecule has 0 atom stereocenters. The first kappa shape index (κ1) is 16.0. The van der Waals surface area contributed by atoms with Crippen LogP contribution in [0.25, 0.3) is 0 Å². The average Bonchev–Trinajstić information content (AvgIpc) is 2.42. The number of esters is 1. The SMILES string of the molecule is COC(=O)CN(C(=O)CCC1CCNCC1)C(C)C. The Morgan fingerprint density at radius 3 is 2.47 bits per heavy atom. The quantitative estimate of drug-likeness (QED) is 0.736. The second kappa shape index (κ2) is 8.15. The van der Waals surface area contributed by atoms with Gasteiger partial charge >= 0.3 is 5.97 Å². The molecule has 1 heterocycles. The number of nitrogens with zero attached hydrogens (tertiary/aromatic N) is 1. The standard InChI is InChI=1S/C14H26N2O3/c1-11(2)16(10-14(18)19-3)13(17)5-4-12-6-8-15-9-7-12/h11-12,15H,4-10H2,1-3H3. The van der Waals surface area contributed by atoms with Crippen molar-refractivity contribution in [3.05, 3.63) is 0 Å². The van der Waals surface area contributed by atoms with Crippen LogP contribution in [0.2, 0.25) is 0 Å². The molecule has 1 aliphatic rings. The van der Waals surface area contributed by atoms with Crippen molar-refractivity contribution < 1.29 is 14.3 Å². The van der Waals surface area contributed by atoms with E-state index in [9.17, 15) is 9.59 Å². The molecule has 5 heteroatoms. The molecule has 0 aromatic heterocycles. The number of carbonyl (C=O) groups is 2. The lowest BCUT2D eigenvalue weighted by atomic mass is 9.93. The van der Waals surface area contributed by atoms with Gasteiger partial charge in [0, 0.05) is 12.5 Å². The van der Waals surface area contributed by atoms with Crippen LogP contribution in [0.3, 0.4) is 0 Å². The van der Waals surface area contributed by atoms with Crippen LogP contribution in [-0.4, -0.2) is 49.6 Å². The minimum absolute atomic E-state index is 0.0274. The molecule has 0 spiro atoms. The monoisotopic (exact) mass is 270 g/mol. The molecular formula is C14H26N2O3. The molecule has 0 saturated carbocycles. The van der Waals surface area contributed by atoms with E-state index in [1.165, 1.54) is 7.11 Å². The Kier molecular flexibility index (Phi) is 6.84. The molecule has 0 aromatic rings. The van der Waals surface area contributed by atoms with Gasteiger partial charge in [0.1, 0.15) is 6.54 Å². The normalized spacial score (nSPS) is 16.4. The van der Waals surface area contributed by atoms with Crippen molar-refractivity contribution in [2.75, 3.05) is 26.7 Å². The van der Waals surface area contributed by atoms with Gasteiger partial charge < -0.3 is 15.0 Å². The second-order valence-corrected chi connectivity index (χ2v) is 5.42. The summed E-state index contributed by atoms with van der Waals surface area (Å²) in [5, 5.41) is 3.32. The van der Waals surface area contributed by atoms with Crippen molar-refractivity contribution in [1.82, 2.24) is 10.2 Å². The van der Waals surface area contributed by atoms with Crippen molar-refractivity contribution >= 4 is 11.9 Å². The van der Waals surface area contributed by atoms with Crippen LogP contribution in [0.15, 0.2) is 0 Å². The average molecular weight is 270 g/mol. The molecule has 0 unspecified atom stereocenters. The van der Waals surface area contributed by atoms with E-state index in [1.807, 2.05) is 13.8 Å². The highest BCUT2D eigenvalue weighted by Gasteiger charge is 2.22. The Balaban J connectivity index is 2.40. The molecule has 1 amide bonds. The Hall–Kier alpha value is -1.10. The molecule has 0 bridgehead atoms. The largest absolute Gasteiger partial charge is 0.468 e. The van der Waals surface area contributed by atoms with Gasteiger partial charge in [0.05, 0.1) is 7.11 Å². The van der Waals surface area contributed by atoms with E-state index in [-0.39, 0.29) is 24.5 Å². The van der Waals surface area contributed by atoms with Gasteiger partial charge in [-0.2, -0.15) is 0 Å². The van der Waals surface area contributed by atoms with Crippen molar-refractivity contribution in [3.63, 3.8) is 0 Å². The van der Waals surface area contributed by atoms with E-state index in [0.29, 0.717) is 12.3 Å². The summed E-state index contributed by atoms with van der Waals surface area (Å²) >= 11 is 0. The third kappa shape index (κ3) is 5.59. The zero-order valence-electron chi connectivity index (χ0n) is 12.3. The number of hydrogen-bond donors (Lipinski definition) is 1. The number of carbonyl (C=O) groups excluding carboxylic acids is 2. The van der Waals surface area contributed by atoms with Gasteiger partial charge in [-0.15, -0.1) is 0 Å². The smallest absolute Gasteiger partial charge is 0.325 e. The number of rotatable bonds is 6. The summed E-state index contributed by atoms with van der Waals surface area (Å²) in [6.07, 6.45) is 3.74. The molecule has 0 aliphatic carbocycles. The zero-order valence-corrected chi connectivity index (χ0v) is 12.3. The lowest BCUT2D eigenvalue weighted by molar-refractivity contribution is -0.148. The fraction of sp³-hybridized carbons (Fsp3) is 0.857. The molecule has 5 nitrogen and oxygen atoms in total. The highest BCUT2D eigenvalue weighted by molar-refractivity contribution is 5.82. The summed E-state index contributed by atoms with van der Waals surface area (Å²) in [4.78, 5) is 25.1. The van der Waals surface area contributed by atoms with Gasteiger partial charge in [-0.25, -0.2) is 0 Å². The number of piperidine rings is 1. The molecule has 1 aliphatic heterocycles. The van der Waals surface area contributed by atoms with Crippen LogP contribution < -0.4 is 5.32 Å². The predicted octanol–water partition coefficient (Wildman–Crippen LogP) is 1.18. The van der Waals surface area contributed by atoms with E-state index in [2.05, 4.69) is 10.1 Å². The highest BCUT2D eigenvalue weighted by atomic mass is 16.5. The van der Waals surface area contributed by atoms with Crippen molar-refractivity contribution in [3.8, 4) is 0 Å². The van der Waals surface area contributed by atoms with Crippen LogP contribution >= 0.6 is 0 Å². The summed E-state index contributed by atoms with van der Waals surface area (Å²) < 4.78 is 4.63. The van der Waals surface area contributed by atoms with Crippen LogP contribution in [-0.2, 0) is 14.3 Å². The number of amides is 1. The first-order valence-corrected chi connectivity index (χ1v) is 7.11. The van der Waals surface area contributed by atoms with Crippen molar-refractivity contribution in [2.24, 2.45) is 5.92 Å². The molecule has 19 heavy (non-hydrogen) atoms. The van der Waals surface area contributed by atoms with Gasteiger partial charge in [-0.05, 0) is 52.1 Å². The van der Waals surface area contributed by atoms with Gasteiger partial charge in [0.25, 0.3) is 0 Å². The Labute approximate surface area is 115 Å². The molecule has 1 N–H and O–H groups in total. The Morgan fingerprint density at radius 1 is 1.32 bits per heavy atom. The molecule has 0 radical (unpaired) electrons. The summed E-state index contributed by atoms with van der Waals surface area (Å²) in [6, 6.07) is 0.0274. The molecule has 110 valence electrons. The number of methoxy groups -OCH3 is 1. The first-order chi connectivity index (χ1) is 9.04. The van der Waals surface area contributed by atoms with E-state index < -0.39 is 0 Å². The topological polar surface area (TPSA) is 58.6 Å². The van der Waals surface area contributed by atoms with Crippen molar-refractivity contribution in [1.29, 1.82) is 0 Å². The lowest BCUT2D eigenvalue weighted by Gasteiger charge is -2.27. The summed E-state index contributed by atoms with van der Waals surface area (Å²) in [6.45, 7) is 6.00. The van der Waals surface area contributed by atoms with Crippen LogP contribution in [0, 0.1) is 5.92 Å². The fourth-order valence-electron chi connectivity index (χ4n) is 2.40. The molecule has 1 fully saturated rings. The van der Waals surface area contributed by atoms with Gasteiger partial charge in [0.2, 0.25) is 5.91 Å². The van der Waals surface area contributed by atoms with Crippen LogP contribution in [0.4, 0.5) is 0 Å². The molecular weight excluding hydrogens is 244 g/mol. The zero-order chi connectivity index (χ0) is 14.3. The third-order valence-electron chi connectivity index (χ3n) is 3.70. The minimum Gasteiger partial charge on any atom is -0.468 e. The van der Waals surface area contributed by atoms with Crippen LogP contribution in [0.1, 0.15) is 39.5 Å². The maximum absolute atomic E-state index is 12.2. The predicted molar refractivity (Wildman–Crippen MR) is 73.7 cm³/mol. The fourth-order valence-corrected chi connectivity index (χ4v) is 2.40. The van der Waals surface area contributed by atoms with E-state index in [4.69, 9.17) is 0 Å². The summed E-state index contributed by atoms with van der Waals surface area (Å²) in [5.74, 6) is 0.334. The van der Waals surface area contributed by atoms with E-state index in [1.54, 1.807) is 4.90 Å². The lowest BCUT2D eigenvalue weighted by Crippen LogP contribution is -2.41.